The van der Waals surface area contributed by atoms with Crippen LogP contribution in [0.3, 0.4) is 0 Å². The average Bonchev–Trinajstić information content (AvgIpc) is 3.63. The van der Waals surface area contributed by atoms with Crippen LogP contribution in [0.5, 0.6) is 0 Å². The molecule has 4 atom stereocenters. The first kappa shape index (κ1) is 26.7. The molecular formula is C30H37Cl2N2O3+. The number of nitrogens with zero attached hydrogens (tertiary/aromatic N) is 1. The number of hydrogen-bond acceptors (Lipinski definition) is 4. The number of aromatic nitrogens is 1. The van der Waals surface area contributed by atoms with Crippen molar-refractivity contribution in [3.8, 4) is 0 Å². The number of piperidine rings is 1. The van der Waals surface area contributed by atoms with E-state index in [4.69, 9.17) is 32.4 Å². The molecular weight excluding hydrogens is 507 g/mol. The summed E-state index contributed by atoms with van der Waals surface area (Å²) in [7, 11) is 0. The zero-order valence-corrected chi connectivity index (χ0v) is 23.0. The Morgan fingerprint density at radius 1 is 1.08 bits per heavy atom. The fraction of sp³-hybridized carbons (Fsp3) is 0.500. The van der Waals surface area contributed by atoms with Crippen molar-refractivity contribution in [1.82, 2.24) is 4.98 Å². The molecule has 2 heterocycles. The van der Waals surface area contributed by atoms with Gasteiger partial charge in [-0.2, -0.15) is 0 Å². The normalized spacial score (nSPS) is 24.3. The smallest absolute Gasteiger partial charge is 0.231 e. The minimum Gasteiger partial charge on any atom is -0.436 e. The van der Waals surface area contributed by atoms with E-state index in [1.54, 1.807) is 0 Å². The monoisotopic (exact) mass is 543 g/mol. The van der Waals surface area contributed by atoms with Crippen LogP contribution in [0.4, 0.5) is 0 Å². The Hall–Kier alpha value is -1.89. The Labute approximate surface area is 229 Å². The van der Waals surface area contributed by atoms with Gasteiger partial charge in [-0.1, -0.05) is 85.8 Å². The van der Waals surface area contributed by atoms with Gasteiger partial charge in [0, 0.05) is 12.3 Å². The van der Waals surface area contributed by atoms with Gasteiger partial charge in [0.25, 0.3) is 0 Å². The fourth-order valence-corrected chi connectivity index (χ4v) is 6.49. The maximum Gasteiger partial charge on any atom is 0.231 e. The number of nitrogens with one attached hydrogen (secondary N) is 1. The molecule has 5 nitrogen and oxygen atoms in total. The Balaban J connectivity index is 1.27. The summed E-state index contributed by atoms with van der Waals surface area (Å²) in [6.07, 6.45) is 8.40. The topological polar surface area (TPSA) is 59.9 Å². The first-order valence-electron chi connectivity index (χ1n) is 13.6. The number of halogens is 2. The zero-order chi connectivity index (χ0) is 25.8. The highest BCUT2D eigenvalue weighted by Gasteiger charge is 2.45. The number of oxazole rings is 1. The summed E-state index contributed by atoms with van der Waals surface area (Å²) in [4.78, 5) is 6.04. The van der Waals surface area contributed by atoms with Crippen molar-refractivity contribution in [3.63, 3.8) is 0 Å². The third kappa shape index (κ3) is 5.91. The quantitative estimate of drug-likeness (QED) is 0.357. The Bertz CT molecular complexity index is 1160. The van der Waals surface area contributed by atoms with Crippen LogP contribution in [0.25, 0.3) is 0 Å². The molecule has 37 heavy (non-hydrogen) atoms. The van der Waals surface area contributed by atoms with Gasteiger partial charge in [-0.15, -0.1) is 0 Å². The Morgan fingerprint density at radius 3 is 2.59 bits per heavy atom. The number of likely N-dealkylation sites (tertiary alicyclic amines) is 1. The van der Waals surface area contributed by atoms with Crippen molar-refractivity contribution in [1.29, 1.82) is 0 Å². The molecule has 0 bridgehead atoms. The number of ether oxygens (including phenoxy) is 1. The van der Waals surface area contributed by atoms with Crippen LogP contribution in [-0.2, 0) is 23.5 Å². The third-order valence-electron chi connectivity index (χ3n) is 8.32. The van der Waals surface area contributed by atoms with Crippen molar-refractivity contribution in [2.75, 3.05) is 13.1 Å². The molecule has 4 unspecified atom stereocenters. The average molecular weight is 545 g/mol. The number of hydrogen-bond donors (Lipinski definition) is 2. The van der Waals surface area contributed by atoms with Gasteiger partial charge in [0.2, 0.25) is 5.89 Å². The van der Waals surface area contributed by atoms with Crippen LogP contribution >= 0.6 is 23.2 Å². The van der Waals surface area contributed by atoms with Crippen LogP contribution in [0, 0.1) is 11.8 Å². The summed E-state index contributed by atoms with van der Waals surface area (Å²) in [5.74, 6) is 1.89. The molecule has 2 N–H and O–H groups in total. The molecule has 0 radical (unpaired) electrons. The van der Waals surface area contributed by atoms with Gasteiger partial charge in [0.15, 0.2) is 11.4 Å². The van der Waals surface area contributed by atoms with Gasteiger partial charge < -0.3 is 19.2 Å². The number of benzene rings is 2. The van der Waals surface area contributed by atoms with E-state index >= 15 is 0 Å². The molecule has 1 saturated heterocycles. The number of rotatable bonds is 9. The minimum atomic E-state index is -1.19. The van der Waals surface area contributed by atoms with E-state index in [1.807, 2.05) is 54.7 Å². The highest BCUT2D eigenvalue weighted by atomic mass is 35.5. The summed E-state index contributed by atoms with van der Waals surface area (Å²) in [5, 5.41) is 13.1. The second-order valence-corrected chi connectivity index (χ2v) is 11.5. The lowest BCUT2D eigenvalue weighted by Gasteiger charge is -2.35. The molecule has 3 aromatic rings. The molecule has 0 spiro atoms. The minimum absolute atomic E-state index is 0.119. The highest BCUT2D eigenvalue weighted by Crippen LogP contribution is 2.44. The van der Waals surface area contributed by atoms with Gasteiger partial charge in [0.05, 0.1) is 29.4 Å². The van der Waals surface area contributed by atoms with Gasteiger partial charge in [-0.3, -0.25) is 0 Å². The molecule has 1 saturated carbocycles. The highest BCUT2D eigenvalue weighted by molar-refractivity contribution is 6.42. The molecule has 7 heteroatoms. The number of quaternary nitrogens is 1. The van der Waals surface area contributed by atoms with E-state index in [0.717, 1.165) is 75.0 Å². The van der Waals surface area contributed by atoms with Crippen molar-refractivity contribution >= 4 is 23.2 Å². The standard InChI is InChI=1S/C30H36Cl2N2O3/c1-2-22-14-15-34(19-28(22)36-20-21-12-13-26(31)27(32)16-21)18-25-17-33-29(37-25)30(35,24-10-6-7-11-24)23-8-4-3-5-9-23/h3-5,8-9,12-13,16-17,22,24,28,35H,2,6-7,10-11,14-15,18-20H2,1H3/p+1. The van der Waals surface area contributed by atoms with Gasteiger partial charge in [-0.25, -0.2) is 4.98 Å². The molecule has 2 fully saturated rings. The predicted octanol–water partition coefficient (Wildman–Crippen LogP) is 5.81. The van der Waals surface area contributed by atoms with Crippen LogP contribution in [0.15, 0.2) is 59.1 Å². The summed E-state index contributed by atoms with van der Waals surface area (Å²) < 4.78 is 12.7. The lowest BCUT2D eigenvalue weighted by atomic mass is 9.80. The molecule has 198 valence electrons. The molecule has 2 aliphatic rings. The van der Waals surface area contributed by atoms with E-state index in [2.05, 4.69) is 11.9 Å². The fourth-order valence-electron chi connectivity index (χ4n) is 6.17. The summed E-state index contributed by atoms with van der Waals surface area (Å²) in [6, 6.07) is 15.6. The first-order valence-corrected chi connectivity index (χ1v) is 14.3. The number of aliphatic hydroxyl groups is 1. The van der Waals surface area contributed by atoms with Crippen LogP contribution < -0.4 is 4.90 Å². The van der Waals surface area contributed by atoms with Crippen molar-refractivity contribution < 1.29 is 19.2 Å². The summed E-state index contributed by atoms with van der Waals surface area (Å²) in [5.41, 5.74) is 0.706. The Morgan fingerprint density at radius 2 is 1.86 bits per heavy atom. The van der Waals surface area contributed by atoms with E-state index in [1.165, 1.54) is 4.90 Å². The largest absolute Gasteiger partial charge is 0.436 e. The molecule has 2 aromatic carbocycles. The van der Waals surface area contributed by atoms with E-state index < -0.39 is 5.60 Å². The first-order chi connectivity index (χ1) is 18.0. The van der Waals surface area contributed by atoms with Gasteiger partial charge in [-0.05, 0) is 42.0 Å². The van der Waals surface area contributed by atoms with E-state index in [0.29, 0.717) is 28.5 Å². The summed E-state index contributed by atoms with van der Waals surface area (Å²) >= 11 is 12.3. The second-order valence-electron chi connectivity index (χ2n) is 10.7. The molecule has 1 aromatic heterocycles. The lowest BCUT2D eigenvalue weighted by Crippen LogP contribution is -3.13. The molecule has 1 aliphatic carbocycles. The molecule has 1 aliphatic heterocycles. The van der Waals surface area contributed by atoms with Gasteiger partial charge in [0.1, 0.15) is 19.2 Å². The molecule has 0 amide bonds. The predicted molar refractivity (Wildman–Crippen MR) is 146 cm³/mol. The van der Waals surface area contributed by atoms with Crippen molar-refractivity contribution in [3.05, 3.63) is 87.6 Å². The van der Waals surface area contributed by atoms with Gasteiger partial charge >= 0.3 is 0 Å². The van der Waals surface area contributed by atoms with Crippen molar-refractivity contribution in [2.24, 2.45) is 11.8 Å². The maximum atomic E-state index is 12.0. The lowest BCUT2D eigenvalue weighted by molar-refractivity contribution is -0.924. The van der Waals surface area contributed by atoms with Crippen LogP contribution in [0.2, 0.25) is 10.0 Å². The maximum absolute atomic E-state index is 12.0. The summed E-state index contributed by atoms with van der Waals surface area (Å²) in [6.45, 7) is 5.45. The van der Waals surface area contributed by atoms with Crippen molar-refractivity contribution in [2.45, 2.75) is 70.3 Å². The Kier molecular flexibility index (Phi) is 8.57. The van der Waals surface area contributed by atoms with E-state index in [-0.39, 0.29) is 12.0 Å². The van der Waals surface area contributed by atoms with E-state index in [9.17, 15) is 5.11 Å². The third-order valence-corrected chi connectivity index (χ3v) is 9.06. The molecule has 5 rings (SSSR count). The SMILES string of the molecule is CCC1CC[NH+](Cc2cnc(C(O)(c3ccccc3)C3CCCC3)o2)CC1OCc1ccc(Cl)c(Cl)c1. The van der Waals surface area contributed by atoms with Crippen LogP contribution in [0.1, 0.15) is 68.2 Å². The van der Waals surface area contributed by atoms with Crippen LogP contribution in [-0.4, -0.2) is 29.3 Å². The zero-order valence-electron chi connectivity index (χ0n) is 21.5. The second kappa shape index (κ2) is 11.9.